The molecule has 1 saturated heterocycles. The van der Waals surface area contributed by atoms with Gasteiger partial charge in [0.2, 0.25) is 11.8 Å². The van der Waals surface area contributed by atoms with Gasteiger partial charge in [0, 0.05) is 5.92 Å². The minimum atomic E-state index is -0.416. The molecular weight excluding hydrogens is 392 g/mol. The molecule has 31 heavy (non-hydrogen) atoms. The van der Waals surface area contributed by atoms with Crippen LogP contribution in [0.3, 0.4) is 0 Å². The molecule has 0 bridgehead atoms. The van der Waals surface area contributed by atoms with Gasteiger partial charge in [0.1, 0.15) is 16.7 Å². The molecule has 7 nitrogen and oxygen atoms in total. The Balaban J connectivity index is 1.74. The molecule has 1 aliphatic rings. The van der Waals surface area contributed by atoms with Crippen LogP contribution in [0, 0.1) is 24.7 Å². The number of hydrogen-bond donors (Lipinski definition) is 1. The average Bonchev–Trinajstić information content (AvgIpc) is 3.25. The molecule has 2 aromatic carbocycles. The predicted molar refractivity (Wildman–Crippen MR) is 119 cm³/mol. The maximum Gasteiger partial charge on any atom is 0.237 e. The lowest BCUT2D eigenvalue weighted by molar-refractivity contribution is -0.122. The average molecular weight is 421 g/mol. The summed E-state index contributed by atoms with van der Waals surface area (Å²) in [6.45, 7) is 7.89. The van der Waals surface area contributed by atoms with E-state index in [0.717, 1.165) is 23.3 Å². The van der Waals surface area contributed by atoms with E-state index in [-0.39, 0.29) is 29.2 Å². The summed E-state index contributed by atoms with van der Waals surface area (Å²) in [5, 5.41) is 20.0. The van der Waals surface area contributed by atoms with Gasteiger partial charge in [-0.2, -0.15) is 0 Å². The number of nitrogens with zero attached hydrogens (tertiary/aromatic N) is 4. The summed E-state index contributed by atoms with van der Waals surface area (Å²) >= 11 is 0. The van der Waals surface area contributed by atoms with Gasteiger partial charge in [-0.1, -0.05) is 45.7 Å². The third-order valence-corrected chi connectivity index (χ3v) is 6.15. The number of benzene rings is 2. The minimum Gasteiger partial charge on any atom is -0.504 e. The monoisotopic (exact) mass is 420 g/mol. The minimum absolute atomic E-state index is 0.179. The van der Waals surface area contributed by atoms with Crippen molar-refractivity contribution < 1.29 is 14.7 Å². The number of hydrogen-bond acceptors (Lipinski definition) is 5. The van der Waals surface area contributed by atoms with Gasteiger partial charge in [0.15, 0.2) is 5.75 Å². The van der Waals surface area contributed by atoms with Gasteiger partial charge < -0.3 is 5.11 Å². The molecular formula is C24H28N4O3. The van der Waals surface area contributed by atoms with Crippen molar-refractivity contribution in [2.24, 2.45) is 17.8 Å². The SMILES string of the molecule is CCCC(C)CC1C(=O)N(c2cc(C)cc(-n3nc4ccccc4n3)c2O)C(=O)C1C. The summed E-state index contributed by atoms with van der Waals surface area (Å²) in [5.41, 5.74) is 2.71. The zero-order valence-corrected chi connectivity index (χ0v) is 18.4. The first-order valence-electron chi connectivity index (χ1n) is 10.9. The number of phenolic OH excluding ortho intramolecular Hbond substituents is 1. The molecule has 1 N–H and O–H groups in total. The Bertz CT molecular complexity index is 1120. The Morgan fingerprint density at radius 3 is 2.29 bits per heavy atom. The van der Waals surface area contributed by atoms with Crippen LogP contribution in [0.25, 0.3) is 16.7 Å². The number of amides is 2. The van der Waals surface area contributed by atoms with E-state index < -0.39 is 5.92 Å². The Morgan fingerprint density at radius 2 is 1.68 bits per heavy atom. The fourth-order valence-corrected chi connectivity index (χ4v) is 4.48. The molecule has 0 aliphatic carbocycles. The molecule has 1 aliphatic heterocycles. The summed E-state index contributed by atoms with van der Waals surface area (Å²) in [6, 6.07) is 10.8. The largest absolute Gasteiger partial charge is 0.504 e. The summed E-state index contributed by atoms with van der Waals surface area (Å²) < 4.78 is 0. The van der Waals surface area contributed by atoms with Gasteiger partial charge in [0.25, 0.3) is 0 Å². The van der Waals surface area contributed by atoms with Gasteiger partial charge in [-0.15, -0.1) is 15.0 Å². The fraction of sp³-hybridized carbons (Fsp3) is 0.417. The highest BCUT2D eigenvalue weighted by Crippen LogP contribution is 2.41. The Morgan fingerprint density at radius 1 is 1.06 bits per heavy atom. The van der Waals surface area contributed by atoms with Crippen LogP contribution in [0.2, 0.25) is 0 Å². The van der Waals surface area contributed by atoms with Crippen LogP contribution in [-0.4, -0.2) is 31.9 Å². The third kappa shape index (κ3) is 3.69. The van der Waals surface area contributed by atoms with Gasteiger partial charge in [0.05, 0.1) is 11.6 Å². The highest BCUT2D eigenvalue weighted by Gasteiger charge is 2.47. The number of aryl methyl sites for hydroxylation is 1. The quantitative estimate of drug-likeness (QED) is 0.598. The molecule has 2 heterocycles. The molecule has 3 atom stereocenters. The molecule has 0 saturated carbocycles. The second kappa shape index (κ2) is 8.13. The molecule has 3 aromatic rings. The van der Waals surface area contributed by atoms with Crippen LogP contribution in [0.4, 0.5) is 5.69 Å². The number of phenols is 1. The number of aromatic hydroxyl groups is 1. The van der Waals surface area contributed by atoms with E-state index >= 15 is 0 Å². The number of aromatic nitrogens is 3. The zero-order valence-electron chi connectivity index (χ0n) is 18.4. The van der Waals surface area contributed by atoms with E-state index in [1.807, 2.05) is 31.2 Å². The summed E-state index contributed by atoms with van der Waals surface area (Å²) in [7, 11) is 0. The van der Waals surface area contributed by atoms with Gasteiger partial charge >= 0.3 is 0 Å². The second-order valence-electron chi connectivity index (χ2n) is 8.67. The van der Waals surface area contributed by atoms with Crippen LogP contribution < -0.4 is 4.90 Å². The van der Waals surface area contributed by atoms with Crippen molar-refractivity contribution >= 4 is 28.5 Å². The van der Waals surface area contributed by atoms with E-state index in [2.05, 4.69) is 24.0 Å². The number of carbonyl (C=O) groups is 2. The highest BCUT2D eigenvalue weighted by atomic mass is 16.3. The first-order chi connectivity index (χ1) is 14.8. The Hall–Kier alpha value is -3.22. The summed E-state index contributed by atoms with van der Waals surface area (Å²) in [5.74, 6) is -1.13. The van der Waals surface area contributed by atoms with Crippen molar-refractivity contribution in [3.63, 3.8) is 0 Å². The second-order valence-corrected chi connectivity index (χ2v) is 8.67. The molecule has 2 amide bonds. The standard InChI is InChI=1S/C24H28N4O3/c1-5-8-14(2)11-17-16(4)23(30)27(24(17)31)20-12-15(3)13-21(22(20)29)28-25-18-9-6-7-10-19(18)26-28/h6-7,9-10,12-14,16-17,29H,5,8,11H2,1-4H3. The normalized spacial score (nSPS) is 20.1. The maximum absolute atomic E-state index is 13.3. The molecule has 3 unspecified atom stereocenters. The molecule has 1 fully saturated rings. The van der Waals surface area contributed by atoms with E-state index in [1.165, 1.54) is 4.80 Å². The van der Waals surface area contributed by atoms with Crippen molar-refractivity contribution in [1.29, 1.82) is 0 Å². The molecule has 4 rings (SSSR count). The number of rotatable bonds is 6. The van der Waals surface area contributed by atoms with Crippen LogP contribution in [0.5, 0.6) is 5.75 Å². The van der Waals surface area contributed by atoms with Crippen LogP contribution in [0.1, 0.15) is 45.6 Å². The van der Waals surface area contributed by atoms with Crippen LogP contribution >= 0.6 is 0 Å². The lowest BCUT2D eigenvalue weighted by atomic mass is 9.86. The lowest BCUT2D eigenvalue weighted by Gasteiger charge is -2.19. The van der Waals surface area contributed by atoms with Crippen LogP contribution in [0.15, 0.2) is 36.4 Å². The first kappa shape index (κ1) is 21.0. The smallest absolute Gasteiger partial charge is 0.237 e. The highest BCUT2D eigenvalue weighted by molar-refractivity contribution is 6.22. The van der Waals surface area contributed by atoms with Gasteiger partial charge in [-0.05, 0) is 49.1 Å². The topological polar surface area (TPSA) is 88.3 Å². The fourth-order valence-electron chi connectivity index (χ4n) is 4.48. The molecule has 0 radical (unpaired) electrons. The Kier molecular flexibility index (Phi) is 5.52. The Labute approximate surface area is 181 Å². The zero-order chi connectivity index (χ0) is 22.3. The van der Waals surface area contributed by atoms with Crippen molar-refractivity contribution in [1.82, 2.24) is 15.0 Å². The van der Waals surface area contributed by atoms with E-state index in [0.29, 0.717) is 29.1 Å². The van der Waals surface area contributed by atoms with Crippen molar-refractivity contribution in [3.8, 4) is 11.4 Å². The molecule has 0 spiro atoms. The third-order valence-electron chi connectivity index (χ3n) is 6.15. The molecule has 7 heteroatoms. The van der Waals surface area contributed by atoms with Crippen molar-refractivity contribution in [2.75, 3.05) is 4.90 Å². The van der Waals surface area contributed by atoms with Crippen molar-refractivity contribution in [3.05, 3.63) is 42.0 Å². The number of carbonyl (C=O) groups excluding carboxylic acids is 2. The number of imide groups is 1. The van der Waals surface area contributed by atoms with E-state index in [4.69, 9.17) is 0 Å². The summed E-state index contributed by atoms with van der Waals surface area (Å²) in [6.07, 6.45) is 2.73. The molecule has 162 valence electrons. The van der Waals surface area contributed by atoms with Gasteiger partial charge in [-0.25, -0.2) is 4.90 Å². The maximum atomic E-state index is 13.3. The summed E-state index contributed by atoms with van der Waals surface area (Å²) in [4.78, 5) is 28.9. The van der Waals surface area contributed by atoms with E-state index in [9.17, 15) is 14.7 Å². The number of fused-ring (bicyclic) bond motifs is 1. The van der Waals surface area contributed by atoms with Crippen molar-refractivity contribution in [2.45, 2.75) is 47.0 Å². The van der Waals surface area contributed by atoms with Gasteiger partial charge in [-0.3, -0.25) is 9.59 Å². The van der Waals surface area contributed by atoms with E-state index in [1.54, 1.807) is 19.1 Å². The predicted octanol–water partition coefficient (Wildman–Crippen LogP) is 4.39. The first-order valence-corrected chi connectivity index (χ1v) is 10.9. The lowest BCUT2D eigenvalue weighted by Crippen LogP contribution is -2.31. The molecule has 1 aromatic heterocycles. The number of anilines is 1. The van der Waals surface area contributed by atoms with Crippen LogP contribution in [-0.2, 0) is 9.59 Å².